The van der Waals surface area contributed by atoms with Crippen LogP contribution in [0, 0.1) is 5.92 Å². The maximum absolute atomic E-state index is 11.8. The van der Waals surface area contributed by atoms with Crippen molar-refractivity contribution in [2.45, 2.75) is 13.3 Å². The number of benzene rings is 1. The summed E-state index contributed by atoms with van der Waals surface area (Å²) in [6.07, 6.45) is 0.599. The molecule has 1 aromatic rings. The van der Waals surface area contributed by atoms with Gasteiger partial charge in [-0.1, -0.05) is 6.92 Å². The highest BCUT2D eigenvalue weighted by Crippen LogP contribution is 2.12. The third-order valence-electron chi connectivity index (χ3n) is 2.86. The lowest BCUT2D eigenvalue weighted by atomic mass is 10.1. The SMILES string of the molecule is CC(CCN)C(=O)Nc1ccc(C(=O)NCC(=O)O)cc1. The number of carboxylic acids is 1. The second kappa shape index (κ2) is 8.01. The number of carbonyl (C=O) groups is 3. The Kier molecular flexibility index (Phi) is 6.35. The number of rotatable bonds is 7. The van der Waals surface area contributed by atoms with Crippen molar-refractivity contribution in [1.82, 2.24) is 5.32 Å². The average molecular weight is 293 g/mol. The number of carboxylic acid groups (broad SMARTS) is 1. The Labute approximate surface area is 122 Å². The number of hydrogen-bond acceptors (Lipinski definition) is 4. The summed E-state index contributed by atoms with van der Waals surface area (Å²) in [6, 6.07) is 6.20. The molecule has 0 aliphatic rings. The van der Waals surface area contributed by atoms with Crippen LogP contribution in [0.2, 0.25) is 0 Å². The number of anilines is 1. The first kappa shape index (κ1) is 16.6. The zero-order valence-electron chi connectivity index (χ0n) is 11.8. The molecule has 0 bridgehead atoms. The van der Waals surface area contributed by atoms with Gasteiger partial charge in [0.05, 0.1) is 0 Å². The van der Waals surface area contributed by atoms with E-state index in [2.05, 4.69) is 10.6 Å². The Morgan fingerprint density at radius 2 is 1.86 bits per heavy atom. The molecule has 7 nitrogen and oxygen atoms in total. The Balaban J connectivity index is 2.59. The minimum atomic E-state index is -1.11. The largest absolute Gasteiger partial charge is 0.480 e. The number of aliphatic carboxylic acids is 1. The fourth-order valence-corrected chi connectivity index (χ4v) is 1.61. The molecule has 114 valence electrons. The fourth-order valence-electron chi connectivity index (χ4n) is 1.61. The van der Waals surface area contributed by atoms with Gasteiger partial charge in [0.15, 0.2) is 0 Å². The first-order chi connectivity index (χ1) is 9.93. The number of nitrogens with one attached hydrogen (secondary N) is 2. The maximum atomic E-state index is 11.8. The lowest BCUT2D eigenvalue weighted by Gasteiger charge is -2.11. The summed E-state index contributed by atoms with van der Waals surface area (Å²) in [5, 5.41) is 13.5. The topological polar surface area (TPSA) is 122 Å². The van der Waals surface area contributed by atoms with Gasteiger partial charge in [0, 0.05) is 17.2 Å². The number of amides is 2. The van der Waals surface area contributed by atoms with Crippen molar-refractivity contribution in [2.24, 2.45) is 11.7 Å². The van der Waals surface area contributed by atoms with Gasteiger partial charge in [-0.15, -0.1) is 0 Å². The Morgan fingerprint density at radius 1 is 1.24 bits per heavy atom. The zero-order chi connectivity index (χ0) is 15.8. The van der Waals surface area contributed by atoms with Crippen molar-refractivity contribution in [3.8, 4) is 0 Å². The molecule has 5 N–H and O–H groups in total. The first-order valence-electron chi connectivity index (χ1n) is 6.55. The van der Waals surface area contributed by atoms with Crippen LogP contribution in [0.15, 0.2) is 24.3 Å². The van der Waals surface area contributed by atoms with Gasteiger partial charge in [-0.05, 0) is 37.2 Å². The van der Waals surface area contributed by atoms with E-state index in [0.29, 0.717) is 24.2 Å². The van der Waals surface area contributed by atoms with E-state index in [1.807, 2.05) is 0 Å². The third-order valence-corrected chi connectivity index (χ3v) is 2.86. The van der Waals surface area contributed by atoms with Crippen molar-refractivity contribution in [2.75, 3.05) is 18.4 Å². The lowest BCUT2D eigenvalue weighted by Crippen LogP contribution is -2.29. The van der Waals surface area contributed by atoms with Crippen LogP contribution in [-0.2, 0) is 9.59 Å². The number of carbonyl (C=O) groups excluding carboxylic acids is 2. The molecule has 0 saturated heterocycles. The summed E-state index contributed by atoms with van der Waals surface area (Å²) < 4.78 is 0. The third kappa shape index (κ3) is 5.62. The predicted octanol–water partition coefficient (Wildman–Crippen LogP) is 0.424. The van der Waals surface area contributed by atoms with Crippen molar-refractivity contribution in [3.05, 3.63) is 29.8 Å². The van der Waals surface area contributed by atoms with Crippen molar-refractivity contribution in [1.29, 1.82) is 0 Å². The van der Waals surface area contributed by atoms with Gasteiger partial charge in [-0.3, -0.25) is 14.4 Å². The van der Waals surface area contributed by atoms with Gasteiger partial charge < -0.3 is 21.5 Å². The molecule has 1 unspecified atom stereocenters. The van der Waals surface area contributed by atoms with Crippen LogP contribution < -0.4 is 16.4 Å². The highest BCUT2D eigenvalue weighted by molar-refractivity contribution is 5.97. The summed E-state index contributed by atoms with van der Waals surface area (Å²) in [6.45, 7) is 1.79. The summed E-state index contributed by atoms with van der Waals surface area (Å²) in [7, 11) is 0. The van der Waals surface area contributed by atoms with E-state index in [1.54, 1.807) is 19.1 Å². The van der Waals surface area contributed by atoms with Gasteiger partial charge in [-0.2, -0.15) is 0 Å². The van der Waals surface area contributed by atoms with E-state index in [4.69, 9.17) is 10.8 Å². The smallest absolute Gasteiger partial charge is 0.322 e. The minimum absolute atomic E-state index is 0.136. The predicted molar refractivity (Wildman–Crippen MR) is 77.9 cm³/mol. The highest BCUT2D eigenvalue weighted by atomic mass is 16.4. The van der Waals surface area contributed by atoms with Crippen molar-refractivity contribution < 1.29 is 19.5 Å². The van der Waals surface area contributed by atoms with Gasteiger partial charge in [0.1, 0.15) is 6.54 Å². The molecule has 21 heavy (non-hydrogen) atoms. The van der Waals surface area contributed by atoms with Gasteiger partial charge in [0.25, 0.3) is 5.91 Å². The first-order valence-corrected chi connectivity index (χ1v) is 6.55. The quantitative estimate of drug-likeness (QED) is 0.580. The number of hydrogen-bond donors (Lipinski definition) is 4. The molecular formula is C14H19N3O4. The molecule has 2 amide bonds. The van der Waals surface area contributed by atoms with E-state index in [0.717, 1.165) is 0 Å². The second-order valence-electron chi connectivity index (χ2n) is 4.62. The van der Waals surface area contributed by atoms with E-state index in [-0.39, 0.29) is 11.8 Å². The van der Waals surface area contributed by atoms with Crippen LogP contribution in [0.1, 0.15) is 23.7 Å². The van der Waals surface area contributed by atoms with Crippen molar-refractivity contribution >= 4 is 23.5 Å². The zero-order valence-corrected chi connectivity index (χ0v) is 11.8. The van der Waals surface area contributed by atoms with E-state index in [1.165, 1.54) is 12.1 Å². The van der Waals surface area contributed by atoms with E-state index < -0.39 is 18.4 Å². The number of nitrogens with two attached hydrogens (primary N) is 1. The maximum Gasteiger partial charge on any atom is 0.322 e. The molecule has 1 aromatic carbocycles. The molecule has 0 aliphatic carbocycles. The molecule has 0 fully saturated rings. The normalized spacial score (nSPS) is 11.5. The molecule has 1 atom stereocenters. The summed E-state index contributed by atoms with van der Waals surface area (Å²) >= 11 is 0. The molecule has 0 heterocycles. The molecule has 7 heteroatoms. The van der Waals surface area contributed by atoms with Crippen LogP contribution in [0.3, 0.4) is 0 Å². The molecule has 0 saturated carbocycles. The molecule has 0 spiro atoms. The summed E-state index contributed by atoms with van der Waals surface area (Å²) in [4.78, 5) is 33.7. The van der Waals surface area contributed by atoms with Crippen LogP contribution in [0.5, 0.6) is 0 Å². The lowest BCUT2D eigenvalue weighted by molar-refractivity contribution is -0.135. The molecular weight excluding hydrogens is 274 g/mol. The van der Waals surface area contributed by atoms with E-state index in [9.17, 15) is 14.4 Å². The minimum Gasteiger partial charge on any atom is -0.480 e. The van der Waals surface area contributed by atoms with E-state index >= 15 is 0 Å². The average Bonchev–Trinajstić information content (AvgIpc) is 2.45. The highest BCUT2D eigenvalue weighted by Gasteiger charge is 2.12. The van der Waals surface area contributed by atoms with Gasteiger partial charge in [0.2, 0.25) is 5.91 Å². The van der Waals surface area contributed by atoms with Gasteiger partial charge >= 0.3 is 5.97 Å². The Hall–Kier alpha value is -2.41. The molecule has 0 aromatic heterocycles. The Bertz CT molecular complexity index is 513. The summed E-state index contributed by atoms with van der Waals surface area (Å²) in [5.74, 6) is -1.91. The van der Waals surface area contributed by atoms with Gasteiger partial charge in [-0.25, -0.2) is 0 Å². The van der Waals surface area contributed by atoms with Crippen LogP contribution in [0.4, 0.5) is 5.69 Å². The molecule has 0 aliphatic heterocycles. The summed E-state index contributed by atoms with van der Waals surface area (Å²) in [5.41, 5.74) is 6.29. The molecule has 1 rings (SSSR count). The van der Waals surface area contributed by atoms with Crippen LogP contribution >= 0.6 is 0 Å². The van der Waals surface area contributed by atoms with Crippen LogP contribution in [-0.4, -0.2) is 36.0 Å². The van der Waals surface area contributed by atoms with Crippen molar-refractivity contribution in [3.63, 3.8) is 0 Å². The van der Waals surface area contributed by atoms with Crippen LogP contribution in [0.25, 0.3) is 0 Å². The second-order valence-corrected chi connectivity index (χ2v) is 4.62. The fraction of sp³-hybridized carbons (Fsp3) is 0.357. The Morgan fingerprint density at radius 3 is 2.38 bits per heavy atom. The standard InChI is InChI=1S/C14H19N3O4/c1-9(6-7-15)13(20)17-11-4-2-10(3-5-11)14(21)16-8-12(18)19/h2-5,9H,6-8,15H2,1H3,(H,16,21)(H,17,20)(H,18,19). The monoisotopic (exact) mass is 293 g/mol. The molecule has 0 radical (unpaired) electrons.